The van der Waals surface area contributed by atoms with Crippen molar-refractivity contribution in [1.82, 2.24) is 5.32 Å². The van der Waals surface area contributed by atoms with Crippen LogP contribution in [0.3, 0.4) is 0 Å². The standard InChI is InChI=1S/C23H23BrClN3O3S/c1-4-31-22(30)20-14(3)26-23(28-21(20)15-7-5-8-16(24)11-15)32-12-19(29)27-18-10-6-9-17(25)13(18)2/h5-11,21H,4,12H2,1-3H3,(H,26,28)(H,27,29)/t21-/m0/s1. The molecule has 168 valence electrons. The minimum Gasteiger partial charge on any atom is -0.463 e. The lowest BCUT2D eigenvalue weighted by atomic mass is 9.97. The zero-order valence-corrected chi connectivity index (χ0v) is 21.0. The summed E-state index contributed by atoms with van der Waals surface area (Å²) in [5, 5.41) is 7.16. The molecule has 1 aliphatic rings. The fourth-order valence-electron chi connectivity index (χ4n) is 3.17. The molecule has 0 bridgehead atoms. The number of nitrogens with zero attached hydrogens (tertiary/aromatic N) is 1. The predicted molar refractivity (Wildman–Crippen MR) is 134 cm³/mol. The Morgan fingerprint density at radius 3 is 2.72 bits per heavy atom. The minimum absolute atomic E-state index is 0.144. The van der Waals surface area contributed by atoms with E-state index in [2.05, 4.69) is 26.6 Å². The molecule has 1 atom stereocenters. The van der Waals surface area contributed by atoms with E-state index in [-0.39, 0.29) is 18.3 Å². The molecular formula is C23H23BrClN3O3S. The Kier molecular flexibility index (Phi) is 8.39. The van der Waals surface area contributed by atoms with Gasteiger partial charge in [0, 0.05) is 20.9 Å². The van der Waals surface area contributed by atoms with Gasteiger partial charge in [-0.15, -0.1) is 0 Å². The topological polar surface area (TPSA) is 79.8 Å². The summed E-state index contributed by atoms with van der Waals surface area (Å²) in [5.41, 5.74) is 3.44. The van der Waals surface area contributed by atoms with Gasteiger partial charge in [-0.3, -0.25) is 4.79 Å². The fraction of sp³-hybridized carbons (Fsp3) is 0.261. The number of hydrogen-bond acceptors (Lipinski definition) is 6. The molecule has 0 unspecified atom stereocenters. The maximum absolute atomic E-state index is 12.6. The molecular weight excluding hydrogens is 514 g/mol. The van der Waals surface area contributed by atoms with Gasteiger partial charge in [-0.2, -0.15) is 0 Å². The Balaban J connectivity index is 1.78. The Hall–Kier alpha value is -2.29. The number of benzene rings is 2. The van der Waals surface area contributed by atoms with E-state index in [1.807, 2.05) is 44.2 Å². The molecule has 1 heterocycles. The van der Waals surface area contributed by atoms with Crippen molar-refractivity contribution in [3.05, 3.63) is 74.4 Å². The number of thioether (sulfide) groups is 1. The number of carbonyl (C=O) groups is 2. The van der Waals surface area contributed by atoms with E-state index < -0.39 is 12.0 Å². The third-order valence-electron chi connectivity index (χ3n) is 4.76. The minimum atomic E-state index is -0.534. The second kappa shape index (κ2) is 11.0. The number of aliphatic imine (C=N–C) groups is 1. The molecule has 1 aliphatic heterocycles. The Bertz CT molecular complexity index is 1100. The number of amides is 1. The van der Waals surface area contributed by atoms with E-state index in [1.54, 1.807) is 19.1 Å². The van der Waals surface area contributed by atoms with Crippen molar-refractivity contribution >= 4 is 62.0 Å². The van der Waals surface area contributed by atoms with Crippen molar-refractivity contribution in [1.29, 1.82) is 0 Å². The van der Waals surface area contributed by atoms with Crippen molar-refractivity contribution in [2.45, 2.75) is 26.8 Å². The summed E-state index contributed by atoms with van der Waals surface area (Å²) in [7, 11) is 0. The predicted octanol–water partition coefficient (Wildman–Crippen LogP) is 5.62. The first-order valence-electron chi connectivity index (χ1n) is 9.96. The molecule has 0 radical (unpaired) electrons. The molecule has 0 saturated heterocycles. The van der Waals surface area contributed by atoms with Crippen molar-refractivity contribution in [3.63, 3.8) is 0 Å². The number of allylic oxidation sites excluding steroid dienone is 1. The lowest BCUT2D eigenvalue weighted by molar-refractivity contribution is -0.139. The maximum Gasteiger partial charge on any atom is 0.338 e. The number of ether oxygens (including phenoxy) is 1. The summed E-state index contributed by atoms with van der Waals surface area (Å²) in [5.74, 6) is -0.448. The SMILES string of the molecule is CCOC(=O)C1=C(C)NC(SCC(=O)Nc2cccc(Cl)c2C)=N[C@H]1c1cccc(Br)c1. The first kappa shape index (κ1) is 24.4. The molecule has 0 aliphatic carbocycles. The highest BCUT2D eigenvalue weighted by Crippen LogP contribution is 2.34. The summed E-state index contributed by atoms with van der Waals surface area (Å²) in [4.78, 5) is 29.9. The van der Waals surface area contributed by atoms with Gasteiger partial charge >= 0.3 is 5.97 Å². The third kappa shape index (κ3) is 5.94. The number of halogens is 2. The van der Waals surface area contributed by atoms with Crippen molar-refractivity contribution in [2.75, 3.05) is 17.7 Å². The lowest BCUT2D eigenvalue weighted by Crippen LogP contribution is -2.31. The maximum atomic E-state index is 12.6. The highest BCUT2D eigenvalue weighted by atomic mass is 79.9. The highest BCUT2D eigenvalue weighted by Gasteiger charge is 2.30. The second-order valence-electron chi connectivity index (χ2n) is 7.03. The number of esters is 1. The van der Waals surface area contributed by atoms with E-state index in [4.69, 9.17) is 21.3 Å². The summed E-state index contributed by atoms with van der Waals surface area (Å²) in [6.45, 7) is 5.70. The number of anilines is 1. The molecule has 2 aromatic carbocycles. The summed E-state index contributed by atoms with van der Waals surface area (Å²) in [6.07, 6.45) is 0. The van der Waals surface area contributed by atoms with E-state index in [1.165, 1.54) is 11.8 Å². The fourth-order valence-corrected chi connectivity index (χ4v) is 4.51. The van der Waals surface area contributed by atoms with Crippen LogP contribution in [0.2, 0.25) is 5.02 Å². The van der Waals surface area contributed by atoms with Gasteiger partial charge in [0.05, 0.1) is 17.9 Å². The van der Waals surface area contributed by atoms with Crippen LogP contribution in [-0.2, 0) is 14.3 Å². The van der Waals surface area contributed by atoms with Gasteiger partial charge < -0.3 is 15.4 Å². The van der Waals surface area contributed by atoms with Crippen LogP contribution >= 0.6 is 39.3 Å². The van der Waals surface area contributed by atoms with Crippen LogP contribution in [-0.4, -0.2) is 29.4 Å². The molecule has 6 nitrogen and oxygen atoms in total. The van der Waals surface area contributed by atoms with Crippen molar-refractivity contribution < 1.29 is 14.3 Å². The number of hydrogen-bond donors (Lipinski definition) is 2. The molecule has 0 aromatic heterocycles. The van der Waals surface area contributed by atoms with E-state index in [0.29, 0.717) is 27.1 Å². The van der Waals surface area contributed by atoms with Crippen molar-refractivity contribution in [3.8, 4) is 0 Å². The number of amidine groups is 1. The largest absolute Gasteiger partial charge is 0.463 e. The Labute approximate surface area is 205 Å². The van der Waals surface area contributed by atoms with Crippen LogP contribution in [0.15, 0.2) is 63.2 Å². The van der Waals surface area contributed by atoms with Crippen LogP contribution < -0.4 is 10.6 Å². The monoisotopic (exact) mass is 535 g/mol. The summed E-state index contributed by atoms with van der Waals surface area (Å²) >= 11 is 10.9. The third-order valence-corrected chi connectivity index (χ3v) is 6.55. The summed E-state index contributed by atoms with van der Waals surface area (Å²) in [6, 6.07) is 12.5. The normalized spacial score (nSPS) is 15.7. The summed E-state index contributed by atoms with van der Waals surface area (Å²) < 4.78 is 6.14. The Morgan fingerprint density at radius 1 is 1.25 bits per heavy atom. The van der Waals surface area contributed by atoms with Gasteiger partial charge in [-0.05, 0) is 56.2 Å². The number of rotatable bonds is 6. The number of carbonyl (C=O) groups excluding carboxylic acids is 2. The quantitative estimate of drug-likeness (QED) is 0.469. The van der Waals surface area contributed by atoms with E-state index in [0.717, 1.165) is 15.6 Å². The van der Waals surface area contributed by atoms with Crippen LogP contribution in [0.5, 0.6) is 0 Å². The Morgan fingerprint density at radius 2 is 2.00 bits per heavy atom. The van der Waals surface area contributed by atoms with Gasteiger partial charge in [-0.25, -0.2) is 9.79 Å². The molecule has 0 fully saturated rings. The molecule has 0 spiro atoms. The van der Waals surface area contributed by atoms with Gasteiger partial charge in [0.25, 0.3) is 0 Å². The average molecular weight is 537 g/mol. The van der Waals surface area contributed by atoms with Crippen molar-refractivity contribution in [2.24, 2.45) is 4.99 Å². The smallest absolute Gasteiger partial charge is 0.338 e. The zero-order valence-electron chi connectivity index (χ0n) is 17.9. The van der Waals surface area contributed by atoms with E-state index in [9.17, 15) is 9.59 Å². The molecule has 9 heteroatoms. The molecule has 2 aromatic rings. The molecule has 32 heavy (non-hydrogen) atoms. The first-order chi connectivity index (χ1) is 15.3. The average Bonchev–Trinajstić information content (AvgIpc) is 2.75. The molecule has 3 rings (SSSR count). The number of nitrogens with one attached hydrogen (secondary N) is 2. The van der Waals surface area contributed by atoms with Crippen LogP contribution in [0, 0.1) is 6.92 Å². The molecule has 1 amide bonds. The highest BCUT2D eigenvalue weighted by molar-refractivity contribution is 9.10. The van der Waals surface area contributed by atoms with Crippen LogP contribution in [0.4, 0.5) is 5.69 Å². The second-order valence-corrected chi connectivity index (χ2v) is 9.31. The van der Waals surface area contributed by atoms with Crippen LogP contribution in [0.25, 0.3) is 0 Å². The van der Waals surface area contributed by atoms with Gasteiger partial charge in [0.15, 0.2) is 5.17 Å². The van der Waals surface area contributed by atoms with Gasteiger partial charge in [0.1, 0.15) is 6.04 Å². The lowest BCUT2D eigenvalue weighted by Gasteiger charge is -2.26. The molecule has 2 N–H and O–H groups in total. The van der Waals surface area contributed by atoms with Crippen LogP contribution in [0.1, 0.15) is 31.0 Å². The first-order valence-corrected chi connectivity index (χ1v) is 12.1. The zero-order chi connectivity index (χ0) is 23.3. The molecule has 0 saturated carbocycles. The van der Waals surface area contributed by atoms with Gasteiger partial charge in [0.2, 0.25) is 5.91 Å². The van der Waals surface area contributed by atoms with E-state index >= 15 is 0 Å². The van der Waals surface area contributed by atoms with Gasteiger partial charge in [-0.1, -0.05) is 57.5 Å².